The first-order valence-electron chi connectivity index (χ1n) is 6.80. The van der Waals surface area contributed by atoms with Crippen molar-refractivity contribution in [2.75, 3.05) is 11.9 Å². The summed E-state index contributed by atoms with van der Waals surface area (Å²) < 4.78 is 5.31. The maximum absolute atomic E-state index is 12.0. The summed E-state index contributed by atoms with van der Waals surface area (Å²) in [6.07, 6.45) is 0. The molecule has 2 aromatic carbocycles. The molecule has 0 atom stereocenters. The van der Waals surface area contributed by atoms with Gasteiger partial charge < -0.3 is 10.1 Å². The Hall–Kier alpha value is -2.60. The predicted molar refractivity (Wildman–Crippen MR) is 88.1 cm³/mol. The van der Waals surface area contributed by atoms with Crippen LogP contribution in [0.3, 0.4) is 0 Å². The predicted octanol–water partition coefficient (Wildman–Crippen LogP) is 3.88. The Balaban J connectivity index is 2.08. The highest BCUT2D eigenvalue weighted by Gasteiger charge is 2.17. The van der Waals surface area contributed by atoms with Crippen LogP contribution in [0.4, 0.5) is 11.4 Å². The number of rotatable bonds is 5. The summed E-state index contributed by atoms with van der Waals surface area (Å²) in [7, 11) is 0. The van der Waals surface area contributed by atoms with Crippen LogP contribution in [-0.4, -0.2) is 17.4 Å². The number of nitro benzene ring substituents is 1. The third-order valence-electron chi connectivity index (χ3n) is 3.25. The van der Waals surface area contributed by atoms with Gasteiger partial charge in [0, 0.05) is 11.1 Å². The van der Waals surface area contributed by atoms with Gasteiger partial charge >= 0.3 is 0 Å². The number of hydrogen-bond donors (Lipinski definition) is 1. The first-order valence-corrected chi connectivity index (χ1v) is 7.18. The Morgan fingerprint density at radius 1 is 1.26 bits per heavy atom. The maximum Gasteiger partial charge on any atom is 0.293 e. The fourth-order valence-corrected chi connectivity index (χ4v) is 2.12. The fourth-order valence-electron chi connectivity index (χ4n) is 1.94. The summed E-state index contributed by atoms with van der Waals surface area (Å²) in [5.74, 6) is -0.0430. The van der Waals surface area contributed by atoms with Crippen LogP contribution in [0, 0.1) is 24.0 Å². The molecule has 0 fully saturated rings. The number of nitro groups is 1. The van der Waals surface area contributed by atoms with Gasteiger partial charge in [0.15, 0.2) is 6.61 Å². The second kappa shape index (κ2) is 7.11. The van der Waals surface area contributed by atoms with Crippen molar-refractivity contribution in [2.45, 2.75) is 13.8 Å². The number of carbonyl (C=O) groups excluding carboxylic acids is 1. The number of ether oxygens (including phenoxy) is 1. The summed E-state index contributed by atoms with van der Waals surface area (Å²) in [4.78, 5) is 22.5. The maximum atomic E-state index is 12.0. The lowest BCUT2D eigenvalue weighted by Gasteiger charge is -2.10. The van der Waals surface area contributed by atoms with E-state index in [9.17, 15) is 14.9 Å². The van der Waals surface area contributed by atoms with Crippen LogP contribution in [0.5, 0.6) is 5.75 Å². The molecule has 23 heavy (non-hydrogen) atoms. The van der Waals surface area contributed by atoms with Crippen molar-refractivity contribution in [3.63, 3.8) is 0 Å². The van der Waals surface area contributed by atoms with Crippen molar-refractivity contribution >= 4 is 28.9 Å². The molecule has 0 spiro atoms. The largest absolute Gasteiger partial charge is 0.484 e. The minimum absolute atomic E-state index is 0.149. The van der Waals surface area contributed by atoms with E-state index < -0.39 is 10.8 Å². The van der Waals surface area contributed by atoms with E-state index in [0.717, 1.165) is 11.1 Å². The van der Waals surface area contributed by atoms with Gasteiger partial charge in [-0.3, -0.25) is 14.9 Å². The Morgan fingerprint density at radius 2 is 1.96 bits per heavy atom. The van der Waals surface area contributed by atoms with E-state index in [-0.39, 0.29) is 18.0 Å². The zero-order valence-electron chi connectivity index (χ0n) is 12.6. The van der Waals surface area contributed by atoms with Gasteiger partial charge in [0.2, 0.25) is 0 Å². The average molecular weight is 335 g/mol. The molecule has 0 radical (unpaired) electrons. The molecule has 2 aromatic rings. The van der Waals surface area contributed by atoms with Gasteiger partial charge in [-0.25, -0.2) is 0 Å². The van der Waals surface area contributed by atoms with Gasteiger partial charge in [-0.1, -0.05) is 17.7 Å². The van der Waals surface area contributed by atoms with E-state index in [2.05, 4.69) is 5.32 Å². The lowest BCUT2D eigenvalue weighted by atomic mass is 10.1. The van der Waals surface area contributed by atoms with Gasteiger partial charge in [-0.2, -0.15) is 0 Å². The zero-order chi connectivity index (χ0) is 17.0. The molecule has 0 aliphatic carbocycles. The summed E-state index contributed by atoms with van der Waals surface area (Å²) in [6, 6.07) is 9.63. The number of nitrogens with zero attached hydrogens (tertiary/aromatic N) is 1. The second-order valence-corrected chi connectivity index (χ2v) is 5.44. The molecule has 0 saturated heterocycles. The van der Waals surface area contributed by atoms with E-state index in [0.29, 0.717) is 10.8 Å². The number of nitrogens with one attached hydrogen (secondary N) is 1. The molecule has 0 aromatic heterocycles. The van der Waals surface area contributed by atoms with Crippen molar-refractivity contribution in [3.8, 4) is 5.75 Å². The number of anilines is 1. The molecule has 7 heteroatoms. The van der Waals surface area contributed by atoms with E-state index in [4.69, 9.17) is 16.3 Å². The average Bonchev–Trinajstić information content (AvgIpc) is 2.48. The van der Waals surface area contributed by atoms with Crippen LogP contribution >= 0.6 is 11.6 Å². The highest BCUT2D eigenvalue weighted by Crippen LogP contribution is 2.28. The SMILES string of the molecule is Cc1cc(NC(=O)COc2cccc(Cl)c2)c([N+](=O)[O-])cc1C. The normalized spacial score (nSPS) is 10.2. The standard InChI is InChI=1S/C16H15ClN2O4/c1-10-6-14(15(19(21)22)7-11(10)2)18-16(20)9-23-13-5-3-4-12(17)8-13/h3-8H,9H2,1-2H3,(H,18,20). The first-order chi connectivity index (χ1) is 10.9. The number of halogens is 1. The van der Waals surface area contributed by atoms with Crippen molar-refractivity contribution in [3.05, 3.63) is 62.7 Å². The summed E-state index contributed by atoms with van der Waals surface area (Å²) in [5.41, 5.74) is 1.63. The molecule has 2 rings (SSSR count). The van der Waals surface area contributed by atoms with Gasteiger partial charge in [0.1, 0.15) is 11.4 Å². The minimum atomic E-state index is -0.528. The van der Waals surface area contributed by atoms with Crippen molar-refractivity contribution < 1.29 is 14.5 Å². The molecule has 1 amide bonds. The lowest BCUT2D eigenvalue weighted by molar-refractivity contribution is -0.384. The lowest BCUT2D eigenvalue weighted by Crippen LogP contribution is -2.21. The molecule has 0 unspecified atom stereocenters. The van der Waals surface area contributed by atoms with Crippen LogP contribution < -0.4 is 10.1 Å². The molecule has 6 nitrogen and oxygen atoms in total. The Bertz CT molecular complexity index is 762. The van der Waals surface area contributed by atoms with Crippen LogP contribution in [-0.2, 0) is 4.79 Å². The monoisotopic (exact) mass is 334 g/mol. The highest BCUT2D eigenvalue weighted by atomic mass is 35.5. The van der Waals surface area contributed by atoms with E-state index in [1.165, 1.54) is 6.07 Å². The van der Waals surface area contributed by atoms with Gasteiger partial charge in [0.05, 0.1) is 4.92 Å². The molecule has 0 saturated carbocycles. The summed E-state index contributed by atoms with van der Waals surface area (Å²) >= 11 is 5.82. The van der Waals surface area contributed by atoms with Crippen LogP contribution in [0.15, 0.2) is 36.4 Å². The number of carbonyl (C=O) groups is 1. The number of hydrogen-bond acceptors (Lipinski definition) is 4. The van der Waals surface area contributed by atoms with Crippen LogP contribution in [0.2, 0.25) is 5.02 Å². The molecular weight excluding hydrogens is 320 g/mol. The first kappa shape index (κ1) is 16.8. The third kappa shape index (κ3) is 4.43. The summed E-state index contributed by atoms with van der Waals surface area (Å²) in [6.45, 7) is 3.32. The van der Waals surface area contributed by atoms with E-state index in [1.54, 1.807) is 37.3 Å². The number of amides is 1. The molecular formula is C16H15ClN2O4. The topological polar surface area (TPSA) is 81.5 Å². The molecule has 0 heterocycles. The minimum Gasteiger partial charge on any atom is -0.484 e. The van der Waals surface area contributed by atoms with E-state index in [1.807, 2.05) is 6.92 Å². The quantitative estimate of drug-likeness (QED) is 0.664. The molecule has 0 aliphatic heterocycles. The van der Waals surface area contributed by atoms with Crippen molar-refractivity contribution in [1.82, 2.24) is 0 Å². The van der Waals surface area contributed by atoms with Gasteiger partial charge in [0.25, 0.3) is 11.6 Å². The number of benzene rings is 2. The molecule has 0 bridgehead atoms. The van der Waals surface area contributed by atoms with Gasteiger partial charge in [-0.05, 0) is 49.2 Å². The Morgan fingerprint density at radius 3 is 2.61 bits per heavy atom. The zero-order valence-corrected chi connectivity index (χ0v) is 13.4. The van der Waals surface area contributed by atoms with Crippen molar-refractivity contribution in [2.24, 2.45) is 0 Å². The fraction of sp³-hybridized carbons (Fsp3) is 0.188. The summed E-state index contributed by atoms with van der Waals surface area (Å²) in [5, 5.41) is 14.1. The molecule has 1 N–H and O–H groups in total. The smallest absolute Gasteiger partial charge is 0.293 e. The van der Waals surface area contributed by atoms with Crippen molar-refractivity contribution in [1.29, 1.82) is 0 Å². The highest BCUT2D eigenvalue weighted by molar-refractivity contribution is 6.30. The van der Waals surface area contributed by atoms with Crippen LogP contribution in [0.25, 0.3) is 0 Å². The Kier molecular flexibility index (Phi) is 5.18. The Labute approximate surface area is 138 Å². The van der Waals surface area contributed by atoms with Gasteiger partial charge in [-0.15, -0.1) is 0 Å². The van der Waals surface area contributed by atoms with Crippen LogP contribution in [0.1, 0.15) is 11.1 Å². The molecule has 0 aliphatic rings. The number of aryl methyl sites for hydroxylation is 2. The third-order valence-corrected chi connectivity index (χ3v) is 3.48. The molecule has 120 valence electrons. The second-order valence-electron chi connectivity index (χ2n) is 5.00. The van der Waals surface area contributed by atoms with E-state index >= 15 is 0 Å².